The van der Waals surface area contributed by atoms with Crippen molar-refractivity contribution in [2.24, 2.45) is 0 Å². The summed E-state index contributed by atoms with van der Waals surface area (Å²) >= 11 is 2.80. The monoisotopic (exact) mass is 403 g/mol. The molecule has 1 aromatic carbocycles. The van der Waals surface area contributed by atoms with E-state index >= 15 is 0 Å². The van der Waals surface area contributed by atoms with Crippen molar-refractivity contribution < 1.29 is 13.9 Å². The number of thiophene rings is 1. The summed E-state index contributed by atoms with van der Waals surface area (Å²) in [5.74, 6) is -0.831. The lowest BCUT2D eigenvalue weighted by molar-refractivity contribution is -0.135. The second-order valence-corrected chi connectivity index (χ2v) is 7.84. The molecule has 0 amide bonds. The third-order valence-electron chi connectivity index (χ3n) is 3.88. The van der Waals surface area contributed by atoms with E-state index in [4.69, 9.17) is 4.74 Å². The number of halogens is 1. The Kier molecular flexibility index (Phi) is 6.03. The van der Waals surface area contributed by atoms with Crippen molar-refractivity contribution in [3.63, 3.8) is 0 Å². The molecule has 2 heterocycles. The van der Waals surface area contributed by atoms with E-state index in [9.17, 15) is 14.0 Å². The first kappa shape index (κ1) is 19.3. The topological polar surface area (TPSA) is 48.3 Å². The number of carbonyl (C=O) groups is 1. The molecule has 0 fully saturated rings. The Morgan fingerprint density at radius 2 is 2.00 bits per heavy atom. The second kappa shape index (κ2) is 8.45. The average Bonchev–Trinajstić information content (AvgIpc) is 3.16. The number of hydrogen-bond donors (Lipinski definition) is 0. The number of rotatable bonds is 5. The molecule has 0 aliphatic rings. The molecule has 7 heteroatoms. The number of nitrogens with zero attached hydrogens (tertiary/aromatic N) is 1. The Morgan fingerprint density at radius 1 is 1.26 bits per heavy atom. The van der Waals surface area contributed by atoms with E-state index in [-0.39, 0.29) is 24.5 Å². The molecule has 0 bridgehead atoms. The Bertz CT molecular complexity index is 1120. The van der Waals surface area contributed by atoms with E-state index in [2.05, 4.69) is 0 Å². The highest BCUT2D eigenvalue weighted by Crippen LogP contribution is 2.15. The maximum absolute atomic E-state index is 13.2. The predicted molar refractivity (Wildman–Crippen MR) is 107 cm³/mol. The number of ether oxygens (including phenoxy) is 1. The van der Waals surface area contributed by atoms with E-state index in [1.807, 2.05) is 24.4 Å². The molecule has 0 N–H and O–H groups in total. The maximum Gasteiger partial charge on any atom is 0.333 e. The molecule has 0 radical (unpaired) electrons. The second-order valence-electron chi connectivity index (χ2n) is 5.83. The summed E-state index contributed by atoms with van der Waals surface area (Å²) in [6.45, 7) is 4.22. The van der Waals surface area contributed by atoms with Gasteiger partial charge < -0.3 is 4.74 Å². The van der Waals surface area contributed by atoms with Crippen molar-refractivity contribution in [1.82, 2.24) is 4.57 Å². The van der Waals surface area contributed by atoms with Gasteiger partial charge in [-0.3, -0.25) is 9.36 Å². The van der Waals surface area contributed by atoms with E-state index in [1.54, 1.807) is 30.4 Å². The molecule has 0 aliphatic carbocycles. The van der Waals surface area contributed by atoms with Gasteiger partial charge in [0.05, 0.1) is 23.8 Å². The SMILES string of the molecule is CCOC(=O)C=c1sc(=Cc2sccc2C)c(=O)n1Cc1ccc(F)cc1. The molecule has 3 rings (SSSR count). The molecule has 0 saturated heterocycles. The largest absolute Gasteiger partial charge is 0.463 e. The fourth-order valence-electron chi connectivity index (χ4n) is 2.50. The van der Waals surface area contributed by atoms with Gasteiger partial charge in [-0.1, -0.05) is 12.1 Å². The molecule has 0 spiro atoms. The van der Waals surface area contributed by atoms with Crippen LogP contribution in [0.4, 0.5) is 4.39 Å². The third kappa shape index (κ3) is 4.61. The van der Waals surface area contributed by atoms with Gasteiger partial charge in [-0.2, -0.15) is 0 Å². The van der Waals surface area contributed by atoms with Crippen LogP contribution in [0.25, 0.3) is 12.2 Å². The molecule has 140 valence electrons. The van der Waals surface area contributed by atoms with E-state index < -0.39 is 5.97 Å². The number of hydrogen-bond acceptors (Lipinski definition) is 5. The van der Waals surface area contributed by atoms with Crippen LogP contribution in [0.2, 0.25) is 0 Å². The van der Waals surface area contributed by atoms with Crippen molar-refractivity contribution >= 4 is 40.8 Å². The molecule has 0 saturated carbocycles. The summed E-state index contributed by atoms with van der Waals surface area (Å²) in [6, 6.07) is 7.95. The maximum atomic E-state index is 13.2. The van der Waals surface area contributed by atoms with Crippen molar-refractivity contribution in [2.75, 3.05) is 6.61 Å². The summed E-state index contributed by atoms with van der Waals surface area (Å²) in [5, 5.41) is 1.97. The van der Waals surface area contributed by atoms with Crippen LogP contribution in [0.5, 0.6) is 0 Å². The van der Waals surface area contributed by atoms with Crippen LogP contribution in [-0.4, -0.2) is 17.1 Å². The van der Waals surface area contributed by atoms with Gasteiger partial charge in [0, 0.05) is 4.88 Å². The summed E-state index contributed by atoms with van der Waals surface area (Å²) < 4.78 is 20.7. The lowest BCUT2D eigenvalue weighted by atomic mass is 10.2. The van der Waals surface area contributed by atoms with Gasteiger partial charge in [0.15, 0.2) is 0 Å². The van der Waals surface area contributed by atoms with Gasteiger partial charge in [-0.25, -0.2) is 9.18 Å². The molecule has 0 aliphatic heterocycles. The minimum absolute atomic E-state index is 0.187. The summed E-state index contributed by atoms with van der Waals surface area (Å²) in [4.78, 5) is 25.9. The van der Waals surface area contributed by atoms with Crippen molar-refractivity contribution in [3.8, 4) is 0 Å². The first-order valence-electron chi connectivity index (χ1n) is 8.36. The van der Waals surface area contributed by atoms with E-state index in [0.717, 1.165) is 16.0 Å². The zero-order valence-electron chi connectivity index (χ0n) is 14.9. The molecular formula is C20H18FNO3S2. The normalized spacial score (nSPS) is 12.6. The number of aromatic nitrogens is 1. The highest BCUT2D eigenvalue weighted by atomic mass is 32.1. The third-order valence-corrected chi connectivity index (χ3v) is 5.91. The molecule has 0 unspecified atom stereocenters. The predicted octanol–water partition coefficient (Wildman–Crippen LogP) is 2.64. The van der Waals surface area contributed by atoms with Crippen molar-refractivity contribution in [3.05, 3.63) is 77.1 Å². The minimum Gasteiger partial charge on any atom is -0.463 e. The van der Waals surface area contributed by atoms with Crippen LogP contribution in [0.3, 0.4) is 0 Å². The Hall–Kier alpha value is -2.51. The van der Waals surface area contributed by atoms with E-state index in [1.165, 1.54) is 34.1 Å². The number of benzene rings is 1. The summed E-state index contributed by atoms with van der Waals surface area (Å²) in [5.41, 5.74) is 1.68. The first-order chi connectivity index (χ1) is 13.0. The lowest BCUT2D eigenvalue weighted by Gasteiger charge is -2.03. The standard InChI is InChI=1S/C20H18FNO3S2/c1-3-25-19(23)11-18-22(12-14-4-6-15(21)7-5-14)20(24)17(27-18)10-16-13(2)8-9-26-16/h4-11H,3,12H2,1-2H3. The highest BCUT2D eigenvalue weighted by molar-refractivity contribution is 7.11. The Morgan fingerprint density at radius 3 is 2.63 bits per heavy atom. The number of thiazole rings is 1. The minimum atomic E-state index is -0.495. The van der Waals surface area contributed by atoms with Gasteiger partial charge in [-0.15, -0.1) is 22.7 Å². The van der Waals surface area contributed by atoms with Gasteiger partial charge in [0.1, 0.15) is 10.5 Å². The summed E-state index contributed by atoms with van der Waals surface area (Å²) in [7, 11) is 0. The molecule has 2 aromatic heterocycles. The Labute approximate surface area is 163 Å². The smallest absolute Gasteiger partial charge is 0.333 e. The fourth-order valence-corrected chi connectivity index (χ4v) is 4.45. The highest BCUT2D eigenvalue weighted by Gasteiger charge is 2.09. The number of carbonyl (C=O) groups excluding carboxylic acids is 1. The van der Waals surface area contributed by atoms with Gasteiger partial charge >= 0.3 is 5.97 Å². The molecule has 0 atom stereocenters. The average molecular weight is 404 g/mol. The van der Waals surface area contributed by atoms with Crippen LogP contribution >= 0.6 is 22.7 Å². The summed E-state index contributed by atoms with van der Waals surface area (Å²) in [6.07, 6.45) is 3.17. The molecule has 27 heavy (non-hydrogen) atoms. The van der Waals surface area contributed by atoms with Crippen molar-refractivity contribution in [2.45, 2.75) is 20.4 Å². The Balaban J connectivity index is 2.13. The fraction of sp³-hybridized carbons (Fsp3) is 0.200. The van der Waals surface area contributed by atoms with Gasteiger partial charge in [0.2, 0.25) is 0 Å². The first-order valence-corrected chi connectivity index (χ1v) is 10.1. The van der Waals surface area contributed by atoms with Crippen LogP contribution in [-0.2, 0) is 16.1 Å². The van der Waals surface area contributed by atoms with Gasteiger partial charge in [0.25, 0.3) is 5.56 Å². The molecule has 3 aromatic rings. The molecular weight excluding hydrogens is 385 g/mol. The van der Waals surface area contributed by atoms with E-state index in [0.29, 0.717) is 9.20 Å². The van der Waals surface area contributed by atoms with Crippen LogP contribution in [0, 0.1) is 12.7 Å². The quantitative estimate of drug-likeness (QED) is 0.616. The van der Waals surface area contributed by atoms with Gasteiger partial charge in [-0.05, 0) is 54.6 Å². The van der Waals surface area contributed by atoms with Crippen LogP contribution in [0.15, 0.2) is 40.5 Å². The van der Waals surface area contributed by atoms with Crippen molar-refractivity contribution in [1.29, 1.82) is 0 Å². The zero-order valence-corrected chi connectivity index (χ0v) is 16.5. The molecule has 4 nitrogen and oxygen atoms in total. The zero-order chi connectivity index (χ0) is 19.4. The number of aryl methyl sites for hydroxylation is 1. The van der Waals surface area contributed by atoms with Crippen LogP contribution < -0.4 is 14.8 Å². The lowest BCUT2D eigenvalue weighted by Crippen LogP contribution is -2.32. The van der Waals surface area contributed by atoms with Crippen LogP contribution in [0.1, 0.15) is 22.9 Å². The number of esters is 1.